The molecule has 0 spiro atoms. The molecule has 0 aliphatic heterocycles. The molecule has 3 heteroatoms. The molecule has 17 heavy (non-hydrogen) atoms. The summed E-state index contributed by atoms with van der Waals surface area (Å²) in [6, 6.07) is 2.04. The second kappa shape index (κ2) is 5.69. The molecular weight excluding hydrogens is 214 g/mol. The molecule has 1 rings (SSSR count). The number of hydrogen-bond acceptors (Lipinski definition) is 3. The monoisotopic (exact) mass is 239 g/mol. The zero-order valence-corrected chi connectivity index (χ0v) is 11.6. The first kappa shape index (κ1) is 14.3. The molecule has 0 saturated heterocycles. The van der Waals surface area contributed by atoms with Gasteiger partial charge in [0.1, 0.15) is 11.5 Å². The Labute approximate surface area is 104 Å². The molecule has 0 aliphatic rings. The Morgan fingerprint density at radius 2 is 2.12 bits per heavy atom. The molecular formula is C14H25NO2. The van der Waals surface area contributed by atoms with Gasteiger partial charge in [-0.1, -0.05) is 20.3 Å². The highest BCUT2D eigenvalue weighted by Crippen LogP contribution is 2.19. The van der Waals surface area contributed by atoms with E-state index in [1.807, 2.05) is 26.8 Å². The van der Waals surface area contributed by atoms with Gasteiger partial charge in [-0.15, -0.1) is 0 Å². The minimum Gasteiger partial charge on any atom is -0.466 e. The van der Waals surface area contributed by atoms with Gasteiger partial charge < -0.3 is 14.8 Å². The van der Waals surface area contributed by atoms with Crippen molar-refractivity contribution in [2.75, 3.05) is 6.54 Å². The van der Waals surface area contributed by atoms with Crippen LogP contribution in [0.4, 0.5) is 0 Å². The Morgan fingerprint density at radius 1 is 1.47 bits per heavy atom. The lowest BCUT2D eigenvalue weighted by atomic mass is 9.88. The number of aryl methyl sites for hydroxylation is 2. The third kappa shape index (κ3) is 3.86. The van der Waals surface area contributed by atoms with Gasteiger partial charge in [-0.25, -0.2) is 0 Å². The second-order valence-electron chi connectivity index (χ2n) is 5.21. The first-order valence-electron chi connectivity index (χ1n) is 6.35. The molecule has 98 valence electrons. The minimum atomic E-state index is -0.651. The van der Waals surface area contributed by atoms with Crippen molar-refractivity contribution in [1.82, 2.24) is 5.32 Å². The van der Waals surface area contributed by atoms with Crippen LogP contribution in [0.1, 0.15) is 44.3 Å². The summed E-state index contributed by atoms with van der Waals surface area (Å²) < 4.78 is 5.46. The van der Waals surface area contributed by atoms with Crippen LogP contribution in [-0.4, -0.2) is 17.3 Å². The first-order valence-corrected chi connectivity index (χ1v) is 6.35. The van der Waals surface area contributed by atoms with Crippen LogP contribution in [0.25, 0.3) is 0 Å². The highest BCUT2D eigenvalue weighted by atomic mass is 16.3. The van der Waals surface area contributed by atoms with Crippen molar-refractivity contribution >= 4 is 0 Å². The molecule has 0 amide bonds. The van der Waals surface area contributed by atoms with Crippen LogP contribution in [0.2, 0.25) is 0 Å². The van der Waals surface area contributed by atoms with E-state index in [9.17, 15) is 5.11 Å². The largest absolute Gasteiger partial charge is 0.466 e. The van der Waals surface area contributed by atoms with Crippen molar-refractivity contribution in [3.05, 3.63) is 23.2 Å². The van der Waals surface area contributed by atoms with Gasteiger partial charge in [0.25, 0.3) is 0 Å². The summed E-state index contributed by atoms with van der Waals surface area (Å²) in [6.45, 7) is 11.3. The van der Waals surface area contributed by atoms with Crippen molar-refractivity contribution < 1.29 is 9.52 Å². The Morgan fingerprint density at radius 3 is 2.59 bits per heavy atom. The number of furan rings is 1. The fourth-order valence-electron chi connectivity index (χ4n) is 1.92. The zero-order valence-electron chi connectivity index (χ0n) is 11.6. The van der Waals surface area contributed by atoms with E-state index in [1.165, 1.54) is 5.56 Å². The Bertz CT molecular complexity index is 355. The molecule has 0 saturated carbocycles. The molecule has 2 atom stereocenters. The van der Waals surface area contributed by atoms with E-state index in [2.05, 4.69) is 19.2 Å². The fourth-order valence-corrected chi connectivity index (χ4v) is 1.92. The highest BCUT2D eigenvalue weighted by Gasteiger charge is 2.26. The van der Waals surface area contributed by atoms with E-state index in [4.69, 9.17) is 4.42 Å². The van der Waals surface area contributed by atoms with Gasteiger partial charge in [0.05, 0.1) is 5.60 Å². The number of nitrogens with one attached hydrogen (secondary N) is 1. The van der Waals surface area contributed by atoms with Crippen molar-refractivity contribution in [2.45, 2.75) is 53.2 Å². The molecule has 3 nitrogen and oxygen atoms in total. The maximum atomic E-state index is 10.2. The first-order chi connectivity index (χ1) is 7.86. The maximum absolute atomic E-state index is 10.2. The van der Waals surface area contributed by atoms with Gasteiger partial charge in [0, 0.05) is 18.7 Å². The van der Waals surface area contributed by atoms with E-state index in [0.29, 0.717) is 12.5 Å². The van der Waals surface area contributed by atoms with Gasteiger partial charge >= 0.3 is 0 Å². The lowest BCUT2D eigenvalue weighted by molar-refractivity contribution is 0.00532. The van der Waals surface area contributed by atoms with Crippen LogP contribution in [0.15, 0.2) is 10.5 Å². The van der Waals surface area contributed by atoms with Gasteiger partial charge in [-0.05, 0) is 32.8 Å². The summed E-state index contributed by atoms with van der Waals surface area (Å²) in [5.41, 5.74) is 0.518. The van der Waals surface area contributed by atoms with Crippen LogP contribution < -0.4 is 5.32 Å². The summed E-state index contributed by atoms with van der Waals surface area (Å²) in [7, 11) is 0. The van der Waals surface area contributed by atoms with E-state index in [-0.39, 0.29) is 0 Å². The average Bonchev–Trinajstić information content (AvgIpc) is 2.56. The third-order valence-electron chi connectivity index (χ3n) is 3.62. The smallest absolute Gasteiger partial charge is 0.105 e. The van der Waals surface area contributed by atoms with Crippen molar-refractivity contribution in [3.63, 3.8) is 0 Å². The third-order valence-corrected chi connectivity index (χ3v) is 3.62. The van der Waals surface area contributed by atoms with Crippen LogP contribution in [0.5, 0.6) is 0 Å². The number of rotatable bonds is 6. The van der Waals surface area contributed by atoms with Crippen LogP contribution >= 0.6 is 0 Å². The molecule has 1 aromatic rings. The second-order valence-corrected chi connectivity index (χ2v) is 5.21. The molecule has 2 unspecified atom stereocenters. The van der Waals surface area contributed by atoms with Gasteiger partial charge in [0.15, 0.2) is 0 Å². The molecule has 0 fully saturated rings. The topological polar surface area (TPSA) is 45.4 Å². The van der Waals surface area contributed by atoms with Crippen LogP contribution in [0, 0.1) is 19.8 Å². The van der Waals surface area contributed by atoms with E-state index in [1.54, 1.807) is 0 Å². The summed E-state index contributed by atoms with van der Waals surface area (Å²) in [5, 5.41) is 13.6. The molecule has 1 heterocycles. The summed E-state index contributed by atoms with van der Waals surface area (Å²) >= 11 is 0. The van der Waals surface area contributed by atoms with Crippen molar-refractivity contribution in [3.8, 4) is 0 Å². The SMILES string of the molecule is CCC(C)C(C)(O)CNCc1cc(C)oc1C. The summed E-state index contributed by atoms with van der Waals surface area (Å²) in [6.07, 6.45) is 0.985. The molecule has 0 aromatic carbocycles. The number of hydrogen-bond donors (Lipinski definition) is 2. The summed E-state index contributed by atoms with van der Waals surface area (Å²) in [5.74, 6) is 2.19. The van der Waals surface area contributed by atoms with Crippen LogP contribution in [0.3, 0.4) is 0 Å². The Hall–Kier alpha value is -0.800. The quantitative estimate of drug-likeness (QED) is 0.802. The zero-order chi connectivity index (χ0) is 13.1. The van der Waals surface area contributed by atoms with E-state index in [0.717, 1.165) is 24.5 Å². The van der Waals surface area contributed by atoms with Gasteiger partial charge in [-0.2, -0.15) is 0 Å². The lowest BCUT2D eigenvalue weighted by Gasteiger charge is -2.29. The Kier molecular flexibility index (Phi) is 4.78. The molecule has 0 radical (unpaired) electrons. The fraction of sp³-hybridized carbons (Fsp3) is 0.714. The standard InChI is InChI=1S/C14H25NO2/c1-6-10(2)14(5,16)9-15-8-13-7-11(3)17-12(13)4/h7,10,15-16H,6,8-9H2,1-5H3. The maximum Gasteiger partial charge on any atom is 0.105 e. The van der Waals surface area contributed by atoms with Crippen molar-refractivity contribution in [1.29, 1.82) is 0 Å². The van der Waals surface area contributed by atoms with Gasteiger partial charge in [-0.3, -0.25) is 0 Å². The molecule has 0 aliphatic carbocycles. The van der Waals surface area contributed by atoms with Crippen molar-refractivity contribution in [2.24, 2.45) is 5.92 Å². The normalized spacial score (nSPS) is 16.8. The van der Waals surface area contributed by atoms with E-state index < -0.39 is 5.60 Å². The number of aliphatic hydroxyl groups is 1. The Balaban J connectivity index is 2.45. The lowest BCUT2D eigenvalue weighted by Crippen LogP contribution is -2.42. The van der Waals surface area contributed by atoms with Gasteiger partial charge in [0.2, 0.25) is 0 Å². The van der Waals surface area contributed by atoms with E-state index >= 15 is 0 Å². The molecule has 2 N–H and O–H groups in total. The molecule has 1 aromatic heterocycles. The highest BCUT2D eigenvalue weighted by molar-refractivity contribution is 5.19. The minimum absolute atomic E-state index is 0.294. The average molecular weight is 239 g/mol. The predicted molar refractivity (Wildman–Crippen MR) is 70.0 cm³/mol. The molecule has 0 bridgehead atoms. The van der Waals surface area contributed by atoms with Crippen LogP contribution in [-0.2, 0) is 6.54 Å². The summed E-state index contributed by atoms with van der Waals surface area (Å²) in [4.78, 5) is 0. The predicted octanol–water partition coefficient (Wildman–Crippen LogP) is 2.78.